The molecule has 0 spiro atoms. The molecule has 3 amide bonds. The highest BCUT2D eigenvalue weighted by atomic mass is 35.5. The number of hydrogen-bond donors (Lipinski definition) is 1. The lowest BCUT2D eigenvalue weighted by Gasteiger charge is -2.39. The molecule has 14 heteroatoms. The molecule has 236 valence electrons. The average Bonchev–Trinajstić information content (AvgIpc) is 3.36. The number of alkyl halides is 2. The average molecular weight is 660 g/mol. The first kappa shape index (κ1) is 33.6. The van der Waals surface area contributed by atoms with Crippen LogP contribution in [-0.2, 0) is 25.2 Å². The molecule has 1 saturated heterocycles. The Labute approximate surface area is 265 Å². The van der Waals surface area contributed by atoms with Gasteiger partial charge in [0.05, 0.1) is 11.6 Å². The number of halogens is 4. The second-order valence-electron chi connectivity index (χ2n) is 10.5. The normalized spacial score (nSPS) is 18.6. The van der Waals surface area contributed by atoms with Gasteiger partial charge in [-0.3, -0.25) is 28.4 Å². The zero-order valence-electron chi connectivity index (χ0n) is 23.2. The Morgan fingerprint density at radius 3 is 2.56 bits per heavy atom. The van der Waals surface area contributed by atoms with E-state index in [2.05, 4.69) is 10.3 Å². The third-order valence-corrected chi connectivity index (χ3v) is 8.71. The van der Waals surface area contributed by atoms with Crippen LogP contribution in [0.25, 0.3) is 0 Å². The van der Waals surface area contributed by atoms with Crippen LogP contribution in [0, 0.1) is 17.1 Å². The van der Waals surface area contributed by atoms with E-state index in [4.69, 9.17) is 11.6 Å². The van der Waals surface area contributed by atoms with Crippen molar-refractivity contribution in [3.63, 3.8) is 0 Å². The Balaban J connectivity index is 0.00000461. The molecular weight excluding hydrogens is 631 g/mol. The Kier molecular flexibility index (Phi) is 9.99. The SMILES string of the molecule is C.C[S@](=O)c1cc(F)cc(N(C(=O)[C@@H]2CCC(=O)N2c2cc(C#N)ccn2)[C@H](C(=O)NC2CC(F)(F)C2)c2ccccc2Cl)c1. The highest BCUT2D eigenvalue weighted by molar-refractivity contribution is 7.84. The first-order chi connectivity index (χ1) is 20.9. The summed E-state index contributed by atoms with van der Waals surface area (Å²) in [5.41, 5.74) is 0.121. The number of pyridine rings is 1. The predicted molar refractivity (Wildman–Crippen MR) is 163 cm³/mol. The van der Waals surface area contributed by atoms with Crippen molar-refractivity contribution in [1.82, 2.24) is 10.3 Å². The van der Waals surface area contributed by atoms with Crippen molar-refractivity contribution >= 4 is 51.6 Å². The molecule has 2 aliphatic rings. The molecule has 1 N–H and O–H groups in total. The van der Waals surface area contributed by atoms with E-state index < -0.39 is 71.2 Å². The zero-order chi connectivity index (χ0) is 31.8. The van der Waals surface area contributed by atoms with Crippen molar-refractivity contribution in [1.29, 1.82) is 5.26 Å². The molecule has 0 radical (unpaired) electrons. The zero-order valence-corrected chi connectivity index (χ0v) is 24.7. The van der Waals surface area contributed by atoms with Crippen LogP contribution >= 0.6 is 11.6 Å². The van der Waals surface area contributed by atoms with Gasteiger partial charge in [-0.15, -0.1) is 0 Å². The number of benzene rings is 2. The molecule has 45 heavy (non-hydrogen) atoms. The predicted octanol–water partition coefficient (Wildman–Crippen LogP) is 5.30. The summed E-state index contributed by atoms with van der Waals surface area (Å²) in [6.07, 6.45) is 1.32. The minimum atomic E-state index is -2.95. The fourth-order valence-corrected chi connectivity index (χ4v) is 6.18. The van der Waals surface area contributed by atoms with Gasteiger partial charge in [-0.05, 0) is 42.8 Å². The summed E-state index contributed by atoms with van der Waals surface area (Å²) in [7, 11) is -1.70. The van der Waals surface area contributed by atoms with Gasteiger partial charge in [-0.25, -0.2) is 18.2 Å². The van der Waals surface area contributed by atoms with E-state index in [1.165, 1.54) is 42.8 Å². The molecule has 5 rings (SSSR count). The highest BCUT2D eigenvalue weighted by Crippen LogP contribution is 2.40. The molecule has 2 aromatic carbocycles. The summed E-state index contributed by atoms with van der Waals surface area (Å²) in [4.78, 5) is 47.9. The number of anilines is 2. The van der Waals surface area contributed by atoms with Crippen LogP contribution in [0.1, 0.15) is 50.3 Å². The third-order valence-electron chi connectivity index (χ3n) is 7.46. The van der Waals surface area contributed by atoms with Crippen LogP contribution in [-0.4, -0.2) is 51.2 Å². The molecule has 1 aromatic heterocycles. The second kappa shape index (κ2) is 13.4. The molecule has 1 aliphatic carbocycles. The van der Waals surface area contributed by atoms with Gasteiger partial charge < -0.3 is 5.32 Å². The molecular formula is C31H29ClF3N5O4S. The molecule has 0 bridgehead atoms. The number of nitrogens with zero attached hydrogens (tertiary/aromatic N) is 4. The number of carbonyl (C=O) groups excluding carboxylic acids is 3. The summed E-state index contributed by atoms with van der Waals surface area (Å²) in [5, 5.41) is 12.0. The maximum atomic E-state index is 15.0. The van der Waals surface area contributed by atoms with Gasteiger partial charge in [0.2, 0.25) is 11.8 Å². The maximum absolute atomic E-state index is 15.0. The Bertz CT molecular complexity index is 1710. The van der Waals surface area contributed by atoms with Crippen LogP contribution in [0.3, 0.4) is 0 Å². The van der Waals surface area contributed by atoms with E-state index in [-0.39, 0.29) is 52.8 Å². The van der Waals surface area contributed by atoms with Gasteiger partial charge in [0.25, 0.3) is 11.8 Å². The smallest absolute Gasteiger partial charge is 0.252 e. The monoisotopic (exact) mass is 659 g/mol. The summed E-state index contributed by atoms with van der Waals surface area (Å²) < 4.78 is 54.7. The van der Waals surface area contributed by atoms with Crippen molar-refractivity contribution in [2.75, 3.05) is 16.1 Å². The van der Waals surface area contributed by atoms with Crippen molar-refractivity contribution in [3.05, 3.63) is 82.8 Å². The number of rotatable bonds is 8. The van der Waals surface area contributed by atoms with Crippen LogP contribution in [0.15, 0.2) is 65.7 Å². The first-order valence-corrected chi connectivity index (χ1v) is 15.4. The Morgan fingerprint density at radius 2 is 1.91 bits per heavy atom. The number of nitriles is 1. The van der Waals surface area contributed by atoms with Crippen molar-refractivity contribution in [3.8, 4) is 6.07 Å². The van der Waals surface area contributed by atoms with Crippen LogP contribution in [0.4, 0.5) is 24.7 Å². The van der Waals surface area contributed by atoms with Gasteiger partial charge in [0, 0.05) is 69.7 Å². The van der Waals surface area contributed by atoms with Gasteiger partial charge >= 0.3 is 0 Å². The first-order valence-electron chi connectivity index (χ1n) is 13.5. The minimum absolute atomic E-state index is 0. The topological polar surface area (TPSA) is 123 Å². The van der Waals surface area contributed by atoms with E-state index >= 15 is 0 Å². The largest absolute Gasteiger partial charge is 0.351 e. The maximum Gasteiger partial charge on any atom is 0.252 e. The third kappa shape index (κ3) is 7.02. The molecule has 1 aliphatic heterocycles. The number of hydrogen-bond acceptors (Lipinski definition) is 6. The Morgan fingerprint density at radius 1 is 1.20 bits per heavy atom. The fourth-order valence-electron chi connectivity index (χ4n) is 5.38. The lowest BCUT2D eigenvalue weighted by molar-refractivity contribution is -0.133. The summed E-state index contributed by atoms with van der Waals surface area (Å²) in [6.45, 7) is 0. The lowest BCUT2D eigenvalue weighted by Crippen LogP contribution is -2.56. The molecule has 3 aromatic rings. The van der Waals surface area contributed by atoms with Gasteiger partial charge in [-0.2, -0.15) is 5.26 Å². The molecule has 3 atom stereocenters. The lowest BCUT2D eigenvalue weighted by atomic mass is 9.87. The quantitative estimate of drug-likeness (QED) is 0.350. The molecule has 2 heterocycles. The van der Waals surface area contributed by atoms with E-state index in [1.807, 2.05) is 6.07 Å². The van der Waals surface area contributed by atoms with Crippen molar-refractivity contribution in [2.24, 2.45) is 0 Å². The van der Waals surface area contributed by atoms with Gasteiger partial charge in [-0.1, -0.05) is 37.2 Å². The summed E-state index contributed by atoms with van der Waals surface area (Å²) >= 11 is 6.52. The molecule has 1 saturated carbocycles. The number of nitrogens with one attached hydrogen (secondary N) is 1. The van der Waals surface area contributed by atoms with Crippen molar-refractivity contribution in [2.45, 2.75) is 62.1 Å². The van der Waals surface area contributed by atoms with E-state index in [0.717, 1.165) is 21.9 Å². The van der Waals surface area contributed by atoms with E-state index in [9.17, 15) is 37.0 Å². The molecule has 9 nitrogen and oxygen atoms in total. The number of carbonyl (C=O) groups is 3. The van der Waals surface area contributed by atoms with E-state index in [0.29, 0.717) is 0 Å². The highest BCUT2D eigenvalue weighted by Gasteiger charge is 2.48. The van der Waals surface area contributed by atoms with Crippen LogP contribution in [0.5, 0.6) is 0 Å². The van der Waals surface area contributed by atoms with Crippen molar-refractivity contribution < 1.29 is 31.8 Å². The second-order valence-corrected chi connectivity index (χ2v) is 12.3. The van der Waals surface area contributed by atoms with Crippen LogP contribution in [0.2, 0.25) is 5.02 Å². The van der Waals surface area contributed by atoms with E-state index in [1.54, 1.807) is 12.1 Å². The summed E-state index contributed by atoms with van der Waals surface area (Å²) in [6, 6.07) is 10.3. The van der Waals surface area contributed by atoms with Gasteiger partial charge in [0.1, 0.15) is 23.7 Å². The van der Waals surface area contributed by atoms with Crippen LogP contribution < -0.4 is 15.1 Å². The number of amides is 3. The summed E-state index contributed by atoms with van der Waals surface area (Å²) in [5.74, 6) is -5.96. The Hall–Kier alpha value is -4.28. The molecule has 2 fully saturated rings. The molecule has 0 unspecified atom stereocenters. The number of aromatic nitrogens is 1. The fraction of sp³-hybridized carbons (Fsp3) is 0.323. The minimum Gasteiger partial charge on any atom is -0.351 e. The standard InChI is InChI=1S/C30H25ClF3N5O4S.CH4/c1-44(43)21-12-18(32)11-20(13-21)38(29(42)24-6-7-26(40)39(24)25-10-17(16-35)8-9-36-25)27(22-4-2-3-5-23(22)31)28(41)37-19-14-30(33,34)15-19;/h2-5,8-13,19,24,27H,6-7,14-15H2,1H3,(H,37,41);1H4/t24-,27-,44-;/m0./s1. The van der Waals surface area contributed by atoms with Gasteiger partial charge in [0.15, 0.2) is 0 Å².